The van der Waals surface area contributed by atoms with Crippen LogP contribution in [0.15, 0.2) is 5.18 Å². The highest BCUT2D eigenvalue weighted by molar-refractivity contribution is 5.69. The number of carbonyl (C=O) groups is 1. The molecule has 2 unspecified atom stereocenters. The van der Waals surface area contributed by atoms with Gasteiger partial charge in [0.25, 0.3) is 0 Å². The molecule has 2 fully saturated rings. The van der Waals surface area contributed by atoms with Gasteiger partial charge in [-0.05, 0) is 46.5 Å². The highest BCUT2D eigenvalue weighted by Crippen LogP contribution is 2.37. The van der Waals surface area contributed by atoms with Gasteiger partial charge in [0.05, 0.1) is 6.04 Å². The smallest absolute Gasteiger partial charge is 0.410 e. The number of ether oxygens (including phenoxy) is 1. The molecule has 0 spiro atoms. The van der Waals surface area contributed by atoms with Gasteiger partial charge in [0, 0.05) is 12.1 Å². The molecule has 0 aromatic rings. The molecule has 0 saturated carbocycles. The Morgan fingerprint density at radius 3 is 2.18 bits per heavy atom. The molecule has 96 valence electrons. The molecule has 2 rings (SSSR count). The first-order valence-corrected chi connectivity index (χ1v) is 6.24. The van der Waals surface area contributed by atoms with Gasteiger partial charge >= 0.3 is 6.09 Å². The average molecular weight is 240 g/mol. The molecule has 0 aromatic heterocycles. The molecule has 5 heteroatoms. The van der Waals surface area contributed by atoms with Crippen LogP contribution in [-0.4, -0.2) is 34.7 Å². The molecule has 5 nitrogen and oxygen atoms in total. The Morgan fingerprint density at radius 2 is 1.76 bits per heavy atom. The Balaban J connectivity index is 2.04. The molecular formula is C12H20N2O3. The van der Waals surface area contributed by atoms with Crippen molar-refractivity contribution in [3.8, 4) is 0 Å². The van der Waals surface area contributed by atoms with Crippen LogP contribution in [-0.2, 0) is 4.74 Å². The normalized spacial score (nSPS) is 32.4. The fourth-order valence-electron chi connectivity index (χ4n) is 2.85. The summed E-state index contributed by atoms with van der Waals surface area (Å²) < 4.78 is 5.41. The van der Waals surface area contributed by atoms with Crippen molar-refractivity contribution >= 4 is 6.09 Å². The lowest BCUT2D eigenvalue weighted by Crippen LogP contribution is -2.49. The van der Waals surface area contributed by atoms with E-state index in [1.165, 1.54) is 0 Å². The second-order valence-corrected chi connectivity index (χ2v) is 6.00. The van der Waals surface area contributed by atoms with Gasteiger partial charge in [0.2, 0.25) is 0 Å². The third kappa shape index (κ3) is 2.58. The Bertz CT molecular complexity index is 310. The predicted molar refractivity (Wildman–Crippen MR) is 63.7 cm³/mol. The van der Waals surface area contributed by atoms with E-state index in [9.17, 15) is 9.70 Å². The van der Waals surface area contributed by atoms with E-state index in [0.717, 1.165) is 12.8 Å². The van der Waals surface area contributed by atoms with E-state index in [2.05, 4.69) is 5.18 Å². The van der Waals surface area contributed by atoms with Gasteiger partial charge in [0.1, 0.15) is 5.60 Å². The minimum Gasteiger partial charge on any atom is -0.444 e. The maximum Gasteiger partial charge on any atom is 0.410 e. The van der Waals surface area contributed by atoms with E-state index in [0.29, 0.717) is 12.8 Å². The minimum absolute atomic E-state index is 0.119. The molecule has 0 radical (unpaired) electrons. The number of amides is 1. The fourth-order valence-corrected chi connectivity index (χ4v) is 2.85. The monoisotopic (exact) mass is 240 g/mol. The van der Waals surface area contributed by atoms with Crippen molar-refractivity contribution in [1.29, 1.82) is 0 Å². The first kappa shape index (κ1) is 12.3. The molecule has 0 aliphatic carbocycles. The first-order chi connectivity index (χ1) is 7.90. The highest BCUT2D eigenvalue weighted by atomic mass is 16.6. The van der Waals surface area contributed by atoms with Gasteiger partial charge < -0.3 is 9.64 Å². The maximum atomic E-state index is 12.1. The summed E-state index contributed by atoms with van der Waals surface area (Å²) in [5, 5.41) is 3.13. The Labute approximate surface area is 101 Å². The van der Waals surface area contributed by atoms with Crippen LogP contribution in [0.4, 0.5) is 4.79 Å². The van der Waals surface area contributed by atoms with Crippen molar-refractivity contribution in [3.63, 3.8) is 0 Å². The zero-order valence-corrected chi connectivity index (χ0v) is 10.7. The van der Waals surface area contributed by atoms with Crippen LogP contribution in [0.5, 0.6) is 0 Å². The summed E-state index contributed by atoms with van der Waals surface area (Å²) in [7, 11) is 0. The van der Waals surface area contributed by atoms with Gasteiger partial charge in [-0.25, -0.2) is 4.79 Å². The third-order valence-electron chi connectivity index (χ3n) is 3.46. The lowest BCUT2D eigenvalue weighted by molar-refractivity contribution is 0.00621. The van der Waals surface area contributed by atoms with Gasteiger partial charge in [-0.1, -0.05) is 5.18 Å². The van der Waals surface area contributed by atoms with E-state index in [1.807, 2.05) is 25.7 Å². The number of nitrogens with zero attached hydrogens (tertiary/aromatic N) is 2. The van der Waals surface area contributed by atoms with Crippen LogP contribution in [0.2, 0.25) is 0 Å². The molecule has 2 heterocycles. The van der Waals surface area contributed by atoms with Crippen LogP contribution >= 0.6 is 0 Å². The van der Waals surface area contributed by atoms with Crippen molar-refractivity contribution < 1.29 is 9.53 Å². The van der Waals surface area contributed by atoms with Crippen molar-refractivity contribution in [1.82, 2.24) is 4.90 Å². The summed E-state index contributed by atoms with van der Waals surface area (Å²) in [5.41, 5.74) is -0.462. The number of rotatable bonds is 1. The van der Waals surface area contributed by atoms with Crippen LogP contribution < -0.4 is 0 Å². The molecule has 17 heavy (non-hydrogen) atoms. The maximum absolute atomic E-state index is 12.1. The van der Waals surface area contributed by atoms with Crippen LogP contribution in [0.3, 0.4) is 0 Å². The zero-order chi connectivity index (χ0) is 12.6. The SMILES string of the molecule is CC(C)(C)OC(=O)N1C2CCC1CC(N=O)C2. The average Bonchev–Trinajstić information content (AvgIpc) is 2.47. The van der Waals surface area contributed by atoms with Gasteiger partial charge in [-0.3, -0.25) is 0 Å². The van der Waals surface area contributed by atoms with Gasteiger partial charge in [-0.15, -0.1) is 0 Å². The zero-order valence-electron chi connectivity index (χ0n) is 10.7. The molecule has 0 aromatic carbocycles. The summed E-state index contributed by atoms with van der Waals surface area (Å²) >= 11 is 0. The van der Waals surface area contributed by atoms with Crippen LogP contribution in [0, 0.1) is 4.91 Å². The number of carbonyl (C=O) groups excluding carboxylic acids is 1. The van der Waals surface area contributed by atoms with Gasteiger partial charge in [0.15, 0.2) is 0 Å². The molecule has 2 aliphatic rings. The number of piperidine rings is 1. The third-order valence-corrected chi connectivity index (χ3v) is 3.46. The highest BCUT2D eigenvalue weighted by Gasteiger charge is 2.45. The Kier molecular flexibility index (Phi) is 3.10. The van der Waals surface area contributed by atoms with Crippen LogP contribution in [0.1, 0.15) is 46.5 Å². The fraction of sp³-hybridized carbons (Fsp3) is 0.917. The summed E-state index contributed by atoms with van der Waals surface area (Å²) in [6.45, 7) is 5.60. The van der Waals surface area contributed by atoms with Crippen molar-refractivity contribution in [2.75, 3.05) is 0 Å². The Morgan fingerprint density at radius 1 is 1.24 bits per heavy atom. The van der Waals surface area contributed by atoms with E-state index in [4.69, 9.17) is 4.74 Å². The van der Waals surface area contributed by atoms with Crippen LogP contribution in [0.25, 0.3) is 0 Å². The quantitative estimate of drug-likeness (QED) is 0.662. The second kappa shape index (κ2) is 4.27. The molecule has 2 saturated heterocycles. The van der Waals surface area contributed by atoms with Crippen molar-refractivity contribution in [2.24, 2.45) is 5.18 Å². The number of nitroso groups, excluding NO2 is 1. The summed E-state index contributed by atoms with van der Waals surface area (Å²) in [5.74, 6) is 0. The summed E-state index contributed by atoms with van der Waals surface area (Å²) in [6.07, 6.45) is 3.08. The molecule has 2 atom stereocenters. The number of hydrogen-bond acceptors (Lipinski definition) is 4. The van der Waals surface area contributed by atoms with E-state index < -0.39 is 5.60 Å². The molecule has 2 aliphatic heterocycles. The topological polar surface area (TPSA) is 59.0 Å². The second-order valence-electron chi connectivity index (χ2n) is 6.00. The molecule has 2 bridgehead atoms. The number of fused-ring (bicyclic) bond motifs is 2. The molecule has 1 amide bonds. The first-order valence-electron chi connectivity index (χ1n) is 6.24. The van der Waals surface area contributed by atoms with E-state index >= 15 is 0 Å². The standard InChI is InChI=1S/C12H20N2O3/c1-12(2,3)17-11(15)14-9-4-5-10(14)7-8(6-9)13-16/h8-10H,4-7H2,1-3H3. The molecular weight excluding hydrogens is 220 g/mol. The van der Waals surface area contributed by atoms with Crippen molar-refractivity contribution in [2.45, 2.75) is 70.2 Å². The summed E-state index contributed by atoms with van der Waals surface area (Å²) in [6, 6.07) is 0.170. The lowest BCUT2D eigenvalue weighted by Gasteiger charge is -2.37. The van der Waals surface area contributed by atoms with Gasteiger partial charge in [-0.2, -0.15) is 4.91 Å². The number of hydrogen-bond donors (Lipinski definition) is 0. The minimum atomic E-state index is -0.462. The lowest BCUT2D eigenvalue weighted by atomic mass is 9.99. The van der Waals surface area contributed by atoms with E-state index in [1.54, 1.807) is 0 Å². The largest absolute Gasteiger partial charge is 0.444 e. The van der Waals surface area contributed by atoms with E-state index in [-0.39, 0.29) is 24.2 Å². The summed E-state index contributed by atoms with van der Waals surface area (Å²) in [4.78, 5) is 24.5. The predicted octanol–water partition coefficient (Wildman–Crippen LogP) is 2.68. The Hall–Kier alpha value is -1.13. The molecule has 0 N–H and O–H groups in total. The van der Waals surface area contributed by atoms with Crippen molar-refractivity contribution in [3.05, 3.63) is 4.91 Å².